The van der Waals surface area contributed by atoms with E-state index in [1.165, 1.54) is 82.0 Å². The third kappa shape index (κ3) is 2.37. The van der Waals surface area contributed by atoms with Crippen molar-refractivity contribution in [3.63, 3.8) is 0 Å². The van der Waals surface area contributed by atoms with Gasteiger partial charge < -0.3 is 0 Å². The number of hydrogen-bond acceptors (Lipinski definition) is 3. The highest BCUT2D eigenvalue weighted by Gasteiger charge is 2.44. The molecule has 0 fully saturated rings. The average Bonchev–Trinajstić information content (AvgIpc) is 3.46. The Hall–Kier alpha value is -0.980. The molecule has 0 bridgehead atoms. The summed E-state index contributed by atoms with van der Waals surface area (Å²) < 4.78 is 5.47. The minimum absolute atomic E-state index is 0.00156. The van der Waals surface area contributed by atoms with Gasteiger partial charge in [-0.1, -0.05) is 52.0 Å². The topological polar surface area (TPSA) is 0 Å². The molecule has 2 aromatic carbocycles. The Balaban J connectivity index is 1.57. The molecule has 0 saturated carbocycles. The smallest absolute Gasteiger partial charge is 0.0748 e. The minimum Gasteiger partial charge on any atom is -0.134 e. The van der Waals surface area contributed by atoms with Gasteiger partial charge >= 0.3 is 0 Å². The molecular weight excluding hydrogens is 592 g/mol. The quantitative estimate of drug-likeness (QED) is 0.163. The van der Waals surface area contributed by atoms with Gasteiger partial charge in [0.1, 0.15) is 0 Å². The first-order valence-electron chi connectivity index (χ1n) is 11.2. The van der Waals surface area contributed by atoms with E-state index in [2.05, 4.69) is 97.7 Å². The lowest BCUT2D eigenvalue weighted by Gasteiger charge is -2.27. The first-order chi connectivity index (χ1) is 15.5. The second kappa shape index (κ2) is 6.41. The van der Waals surface area contributed by atoms with Crippen LogP contribution in [0.25, 0.3) is 41.1 Å². The predicted molar refractivity (Wildman–Crippen MR) is 155 cm³/mol. The van der Waals surface area contributed by atoms with Gasteiger partial charge in [0.15, 0.2) is 0 Å². The Morgan fingerprint density at radius 3 is 1.70 bits per heavy atom. The summed E-state index contributed by atoms with van der Waals surface area (Å²) in [7, 11) is 0. The van der Waals surface area contributed by atoms with Crippen molar-refractivity contribution in [3.05, 3.63) is 65.2 Å². The Kier molecular flexibility index (Phi) is 4.14. The summed E-state index contributed by atoms with van der Waals surface area (Å²) in [6, 6.07) is 9.64. The Labute approximate surface area is 222 Å². The minimum atomic E-state index is -0.0140. The third-order valence-electron chi connectivity index (χ3n) is 7.97. The second-order valence-electron chi connectivity index (χ2n) is 10.5. The number of thiophene rings is 3. The first-order valence-corrected chi connectivity index (χ1v) is 15.2. The molecule has 7 rings (SSSR count). The molecule has 33 heavy (non-hydrogen) atoms. The highest BCUT2D eigenvalue weighted by atomic mass is 79.9. The van der Waals surface area contributed by atoms with Crippen LogP contribution in [-0.4, -0.2) is 0 Å². The first kappa shape index (κ1) is 21.3. The van der Waals surface area contributed by atoms with Crippen LogP contribution >= 0.6 is 65.9 Å². The van der Waals surface area contributed by atoms with Crippen molar-refractivity contribution in [2.24, 2.45) is 0 Å². The molecule has 0 atom stereocenters. The maximum absolute atomic E-state index is 3.81. The van der Waals surface area contributed by atoms with Crippen molar-refractivity contribution in [2.45, 2.75) is 52.4 Å². The fourth-order valence-corrected chi connectivity index (χ4v) is 12.2. The lowest BCUT2D eigenvalue weighted by atomic mass is 9.76. The number of rotatable bonds is 0. The fourth-order valence-electron chi connectivity index (χ4n) is 6.58. The van der Waals surface area contributed by atoms with E-state index in [1.54, 1.807) is 0 Å². The van der Waals surface area contributed by atoms with Crippen LogP contribution < -0.4 is 0 Å². The molecule has 2 aliphatic carbocycles. The summed E-state index contributed by atoms with van der Waals surface area (Å²) in [4.78, 5) is 2.92. The van der Waals surface area contributed by atoms with Crippen LogP contribution in [0.3, 0.4) is 0 Å². The summed E-state index contributed by atoms with van der Waals surface area (Å²) in [6.45, 7) is 14.2. The summed E-state index contributed by atoms with van der Waals surface area (Å²) >= 11 is 13.4. The Morgan fingerprint density at radius 2 is 1.09 bits per heavy atom. The second-order valence-corrected chi connectivity index (χ2v) is 16.2. The molecule has 0 unspecified atom stereocenters. The monoisotopic (exact) mass is 612 g/mol. The molecule has 3 aromatic heterocycles. The number of fused-ring (bicyclic) bond motifs is 11. The molecule has 5 aromatic rings. The van der Waals surface area contributed by atoms with E-state index >= 15 is 0 Å². The maximum atomic E-state index is 3.81. The number of aryl methyl sites for hydroxylation is 1. The largest absolute Gasteiger partial charge is 0.134 e. The molecule has 3 heterocycles. The molecule has 5 heteroatoms. The van der Waals surface area contributed by atoms with E-state index in [1.807, 2.05) is 34.0 Å². The van der Waals surface area contributed by atoms with Crippen molar-refractivity contribution in [1.29, 1.82) is 0 Å². The van der Waals surface area contributed by atoms with Gasteiger partial charge in [0, 0.05) is 20.6 Å². The molecule has 166 valence electrons. The maximum Gasteiger partial charge on any atom is 0.0748 e. The standard InChI is InChI=1S/C28H22Br2S3/c1-11-17-22(32-25(11)29)15-9-7-14-13(18(15)27(17,3)4)8-10-16-19(14)28(5,6)20-23(16)31-21-12(2)26(30)33-24(20)21/h7-10H,1-6H3. The lowest BCUT2D eigenvalue weighted by molar-refractivity contribution is 0.661. The van der Waals surface area contributed by atoms with Crippen molar-refractivity contribution in [1.82, 2.24) is 0 Å². The van der Waals surface area contributed by atoms with Crippen LogP contribution in [0.2, 0.25) is 0 Å². The van der Waals surface area contributed by atoms with Crippen molar-refractivity contribution in [3.8, 4) is 20.9 Å². The normalized spacial score (nSPS) is 17.0. The van der Waals surface area contributed by atoms with Crippen molar-refractivity contribution >= 4 is 86.0 Å². The molecule has 0 spiro atoms. The van der Waals surface area contributed by atoms with E-state index in [0.29, 0.717) is 0 Å². The zero-order chi connectivity index (χ0) is 23.2. The van der Waals surface area contributed by atoms with Crippen LogP contribution in [0.1, 0.15) is 61.1 Å². The highest BCUT2D eigenvalue weighted by molar-refractivity contribution is 9.11. The van der Waals surface area contributed by atoms with Crippen LogP contribution in [0, 0.1) is 13.8 Å². The van der Waals surface area contributed by atoms with Gasteiger partial charge in [-0.3, -0.25) is 0 Å². The van der Waals surface area contributed by atoms with E-state index in [-0.39, 0.29) is 10.8 Å². The number of benzene rings is 2. The molecule has 2 aliphatic rings. The van der Waals surface area contributed by atoms with Crippen molar-refractivity contribution < 1.29 is 0 Å². The van der Waals surface area contributed by atoms with E-state index < -0.39 is 0 Å². The van der Waals surface area contributed by atoms with E-state index in [9.17, 15) is 0 Å². The molecular formula is C28H22Br2S3. The van der Waals surface area contributed by atoms with Crippen LogP contribution in [0.15, 0.2) is 31.8 Å². The van der Waals surface area contributed by atoms with Crippen LogP contribution in [0.5, 0.6) is 0 Å². The molecule has 0 aliphatic heterocycles. The predicted octanol–water partition coefficient (Wildman–Crippen LogP) is 10.9. The summed E-state index contributed by atoms with van der Waals surface area (Å²) in [6.07, 6.45) is 0. The summed E-state index contributed by atoms with van der Waals surface area (Å²) in [5.41, 5.74) is 11.7. The number of halogens is 2. The highest BCUT2D eigenvalue weighted by Crippen LogP contribution is 2.62. The Morgan fingerprint density at radius 1 is 0.576 bits per heavy atom. The van der Waals surface area contributed by atoms with Gasteiger partial charge in [-0.25, -0.2) is 0 Å². The van der Waals surface area contributed by atoms with Gasteiger partial charge in [-0.2, -0.15) is 0 Å². The van der Waals surface area contributed by atoms with E-state index in [0.717, 1.165) is 0 Å². The zero-order valence-corrected chi connectivity index (χ0v) is 24.9. The summed E-state index contributed by atoms with van der Waals surface area (Å²) in [5, 5.41) is 2.86. The van der Waals surface area contributed by atoms with Crippen LogP contribution in [-0.2, 0) is 10.8 Å². The molecule has 0 radical (unpaired) electrons. The fraction of sp³-hybridized carbons (Fsp3) is 0.286. The van der Waals surface area contributed by atoms with Gasteiger partial charge in [0.05, 0.1) is 17.0 Å². The number of hydrogen-bond donors (Lipinski definition) is 0. The van der Waals surface area contributed by atoms with Crippen LogP contribution in [0.4, 0.5) is 0 Å². The summed E-state index contributed by atoms with van der Waals surface area (Å²) in [5.74, 6) is 0. The van der Waals surface area contributed by atoms with Gasteiger partial charge in [-0.05, 0) is 101 Å². The third-order valence-corrected chi connectivity index (χ3v) is 13.8. The van der Waals surface area contributed by atoms with Gasteiger partial charge in [0.2, 0.25) is 0 Å². The van der Waals surface area contributed by atoms with E-state index in [4.69, 9.17) is 0 Å². The molecule has 0 N–H and O–H groups in total. The zero-order valence-electron chi connectivity index (χ0n) is 19.3. The Bertz CT molecular complexity index is 1700. The van der Waals surface area contributed by atoms with Gasteiger partial charge in [-0.15, -0.1) is 34.0 Å². The SMILES string of the molecule is Cc1c(Br)sc2c1C(C)(C)c1c-2ccc2c3c(ccc12)-c1sc2c(C)c(Br)sc2c1C3(C)C. The average molecular weight is 614 g/mol. The van der Waals surface area contributed by atoms with Crippen molar-refractivity contribution in [2.75, 3.05) is 0 Å². The molecule has 0 saturated heterocycles. The lowest BCUT2D eigenvalue weighted by Crippen LogP contribution is -2.18. The van der Waals surface area contributed by atoms with Gasteiger partial charge in [0.25, 0.3) is 0 Å². The molecule has 0 amide bonds. The molecule has 0 nitrogen and oxygen atoms in total.